The third kappa shape index (κ3) is 6.96. The van der Waals surface area contributed by atoms with Crippen molar-refractivity contribution in [3.8, 4) is 5.88 Å². The van der Waals surface area contributed by atoms with E-state index in [1.165, 1.54) is 11.8 Å². The van der Waals surface area contributed by atoms with Gasteiger partial charge in [0.25, 0.3) is 0 Å². The van der Waals surface area contributed by atoms with Gasteiger partial charge in [0.15, 0.2) is 5.16 Å². The first-order valence-corrected chi connectivity index (χ1v) is 8.11. The van der Waals surface area contributed by atoms with Gasteiger partial charge in [-0.3, -0.25) is 0 Å². The highest BCUT2D eigenvalue weighted by Crippen LogP contribution is 2.19. The third-order valence-electron chi connectivity index (χ3n) is 2.29. The standard InChI is InChI=1S/C14H25N3O2S/c1-6-7-15-11-10-12(17-13(16-11)20-5)18-8-9-19-14(2,3)4/h10H,6-9H2,1-5H3,(H,15,16,17). The Morgan fingerprint density at radius 2 is 2.00 bits per heavy atom. The van der Waals surface area contributed by atoms with Gasteiger partial charge < -0.3 is 14.8 Å². The van der Waals surface area contributed by atoms with E-state index in [4.69, 9.17) is 9.47 Å². The zero-order chi connectivity index (χ0) is 15.0. The van der Waals surface area contributed by atoms with Gasteiger partial charge in [-0.15, -0.1) is 0 Å². The van der Waals surface area contributed by atoms with Gasteiger partial charge in [-0.25, -0.2) is 4.98 Å². The Hall–Kier alpha value is -1.01. The molecule has 0 aliphatic heterocycles. The average molecular weight is 299 g/mol. The lowest BCUT2D eigenvalue weighted by Gasteiger charge is -2.19. The number of anilines is 1. The van der Waals surface area contributed by atoms with Crippen LogP contribution in [0, 0.1) is 0 Å². The van der Waals surface area contributed by atoms with E-state index >= 15 is 0 Å². The summed E-state index contributed by atoms with van der Waals surface area (Å²) in [5.74, 6) is 1.39. The second-order valence-electron chi connectivity index (χ2n) is 5.31. The molecule has 5 nitrogen and oxygen atoms in total. The van der Waals surface area contributed by atoms with Crippen molar-refractivity contribution in [2.75, 3.05) is 31.3 Å². The van der Waals surface area contributed by atoms with Gasteiger partial charge in [-0.05, 0) is 33.4 Å². The zero-order valence-corrected chi connectivity index (χ0v) is 13.8. The molecule has 0 radical (unpaired) electrons. The van der Waals surface area contributed by atoms with Gasteiger partial charge in [-0.2, -0.15) is 4.98 Å². The fraction of sp³-hybridized carbons (Fsp3) is 0.714. The van der Waals surface area contributed by atoms with Crippen LogP contribution in [0.2, 0.25) is 0 Å². The Morgan fingerprint density at radius 3 is 2.60 bits per heavy atom. The molecule has 1 aromatic heterocycles. The first-order chi connectivity index (χ1) is 9.44. The minimum atomic E-state index is -0.146. The van der Waals surface area contributed by atoms with Crippen LogP contribution in [0.15, 0.2) is 11.2 Å². The molecule has 0 unspecified atom stereocenters. The Labute approximate surface area is 125 Å². The minimum absolute atomic E-state index is 0.146. The second kappa shape index (κ2) is 8.32. The molecular weight excluding hydrogens is 274 g/mol. The van der Waals surface area contributed by atoms with Gasteiger partial charge in [-0.1, -0.05) is 18.7 Å². The lowest BCUT2D eigenvalue weighted by molar-refractivity contribution is -0.0168. The van der Waals surface area contributed by atoms with Crippen molar-refractivity contribution in [3.05, 3.63) is 6.07 Å². The maximum Gasteiger partial charge on any atom is 0.219 e. The van der Waals surface area contributed by atoms with E-state index in [1.807, 2.05) is 33.1 Å². The highest BCUT2D eigenvalue weighted by Gasteiger charge is 2.10. The van der Waals surface area contributed by atoms with E-state index in [-0.39, 0.29) is 5.60 Å². The van der Waals surface area contributed by atoms with E-state index in [0.29, 0.717) is 24.3 Å². The lowest BCUT2D eigenvalue weighted by Crippen LogP contribution is -2.22. The zero-order valence-electron chi connectivity index (χ0n) is 13.0. The SMILES string of the molecule is CCCNc1cc(OCCOC(C)(C)C)nc(SC)n1. The summed E-state index contributed by atoms with van der Waals surface area (Å²) in [4.78, 5) is 8.71. The fourth-order valence-corrected chi connectivity index (χ4v) is 1.78. The predicted octanol–water partition coefficient (Wildman–Crippen LogP) is 3.21. The van der Waals surface area contributed by atoms with Gasteiger partial charge in [0.2, 0.25) is 5.88 Å². The maximum atomic E-state index is 5.64. The molecule has 1 aromatic rings. The van der Waals surface area contributed by atoms with E-state index in [9.17, 15) is 0 Å². The molecule has 0 saturated heterocycles. The van der Waals surface area contributed by atoms with Crippen LogP contribution in [0.5, 0.6) is 5.88 Å². The van der Waals surface area contributed by atoms with Gasteiger partial charge in [0.1, 0.15) is 12.4 Å². The van der Waals surface area contributed by atoms with E-state index < -0.39 is 0 Å². The van der Waals surface area contributed by atoms with Crippen LogP contribution in [0.25, 0.3) is 0 Å². The number of aromatic nitrogens is 2. The molecule has 0 fully saturated rings. The Kier molecular flexibility index (Phi) is 7.09. The van der Waals surface area contributed by atoms with Gasteiger partial charge in [0.05, 0.1) is 12.2 Å². The topological polar surface area (TPSA) is 56.3 Å². The number of rotatable bonds is 8. The number of thioether (sulfide) groups is 1. The molecule has 6 heteroatoms. The maximum absolute atomic E-state index is 5.64. The fourth-order valence-electron chi connectivity index (χ4n) is 1.41. The number of ether oxygens (including phenoxy) is 2. The van der Waals surface area contributed by atoms with Crippen LogP contribution in [0.3, 0.4) is 0 Å². The number of nitrogens with one attached hydrogen (secondary N) is 1. The first-order valence-electron chi connectivity index (χ1n) is 6.88. The molecule has 1 rings (SSSR count). The van der Waals surface area contributed by atoms with Crippen LogP contribution in [0.1, 0.15) is 34.1 Å². The normalized spacial score (nSPS) is 11.4. The number of hydrogen-bond acceptors (Lipinski definition) is 6. The lowest BCUT2D eigenvalue weighted by atomic mass is 10.2. The molecule has 1 heterocycles. The quantitative estimate of drug-likeness (QED) is 0.452. The van der Waals surface area contributed by atoms with E-state index in [1.54, 1.807) is 0 Å². The van der Waals surface area contributed by atoms with Crippen molar-refractivity contribution < 1.29 is 9.47 Å². The molecule has 20 heavy (non-hydrogen) atoms. The molecular formula is C14H25N3O2S. The van der Waals surface area contributed by atoms with Crippen LogP contribution in [-0.2, 0) is 4.74 Å². The highest BCUT2D eigenvalue weighted by molar-refractivity contribution is 7.98. The van der Waals surface area contributed by atoms with Crippen LogP contribution in [-0.4, -0.2) is 41.6 Å². The van der Waals surface area contributed by atoms with Crippen LogP contribution >= 0.6 is 11.8 Å². The molecule has 0 saturated carbocycles. The molecule has 114 valence electrons. The summed E-state index contributed by atoms with van der Waals surface area (Å²) in [5, 5.41) is 3.95. The summed E-state index contributed by atoms with van der Waals surface area (Å²) in [6, 6.07) is 1.83. The monoisotopic (exact) mass is 299 g/mol. The Balaban J connectivity index is 2.55. The number of hydrogen-bond donors (Lipinski definition) is 1. The van der Waals surface area contributed by atoms with Crippen molar-refractivity contribution in [1.29, 1.82) is 0 Å². The molecule has 0 amide bonds. The van der Waals surface area contributed by atoms with Crippen LogP contribution < -0.4 is 10.1 Å². The average Bonchev–Trinajstić information content (AvgIpc) is 2.40. The summed E-state index contributed by atoms with van der Waals surface area (Å²) in [7, 11) is 0. The van der Waals surface area contributed by atoms with Crippen molar-refractivity contribution >= 4 is 17.6 Å². The largest absolute Gasteiger partial charge is 0.475 e. The van der Waals surface area contributed by atoms with Crippen LogP contribution in [0.4, 0.5) is 5.82 Å². The van der Waals surface area contributed by atoms with Gasteiger partial charge >= 0.3 is 0 Å². The summed E-state index contributed by atoms with van der Waals surface area (Å²) in [5.41, 5.74) is -0.146. The Morgan fingerprint density at radius 1 is 1.25 bits per heavy atom. The van der Waals surface area contributed by atoms with Crippen molar-refractivity contribution in [3.63, 3.8) is 0 Å². The van der Waals surface area contributed by atoms with Crippen molar-refractivity contribution in [1.82, 2.24) is 9.97 Å². The summed E-state index contributed by atoms with van der Waals surface area (Å²) < 4.78 is 11.2. The summed E-state index contributed by atoms with van der Waals surface area (Å²) in [6.45, 7) is 10.1. The molecule has 0 atom stereocenters. The number of nitrogens with zero attached hydrogens (tertiary/aromatic N) is 2. The summed E-state index contributed by atoms with van der Waals surface area (Å²) >= 11 is 1.50. The smallest absolute Gasteiger partial charge is 0.219 e. The summed E-state index contributed by atoms with van der Waals surface area (Å²) in [6.07, 6.45) is 3.00. The minimum Gasteiger partial charge on any atom is -0.475 e. The van der Waals surface area contributed by atoms with E-state index in [2.05, 4.69) is 22.2 Å². The Bertz CT molecular complexity index is 408. The third-order valence-corrected chi connectivity index (χ3v) is 2.84. The van der Waals surface area contributed by atoms with E-state index in [0.717, 1.165) is 18.8 Å². The molecule has 0 aliphatic carbocycles. The highest BCUT2D eigenvalue weighted by atomic mass is 32.2. The molecule has 0 spiro atoms. The predicted molar refractivity (Wildman–Crippen MR) is 83.8 cm³/mol. The van der Waals surface area contributed by atoms with Crippen molar-refractivity contribution in [2.24, 2.45) is 0 Å². The van der Waals surface area contributed by atoms with Crippen molar-refractivity contribution in [2.45, 2.75) is 44.9 Å². The second-order valence-corrected chi connectivity index (χ2v) is 6.09. The molecule has 0 aromatic carbocycles. The molecule has 1 N–H and O–H groups in total. The molecule has 0 bridgehead atoms. The molecule has 0 aliphatic rings. The van der Waals surface area contributed by atoms with Gasteiger partial charge in [0, 0.05) is 12.6 Å². The first kappa shape index (κ1) is 17.0.